The van der Waals surface area contributed by atoms with Crippen molar-refractivity contribution in [3.8, 4) is 33.3 Å². The number of aryl methyl sites for hydroxylation is 1. The number of aromatic nitrogens is 3. The molecule has 20 nitrogen and oxygen atoms in total. The number of amides is 4. The second-order valence-electron chi connectivity index (χ2n) is 24.8. The molecule has 0 saturated carbocycles. The van der Waals surface area contributed by atoms with Gasteiger partial charge in [-0.1, -0.05) is 80.9 Å². The number of phenolic OH excluding ortho intramolecular Hbond substituents is 1. The van der Waals surface area contributed by atoms with E-state index in [1.807, 2.05) is 121 Å². The zero-order valence-corrected chi connectivity index (χ0v) is 52.6. The molecule has 4 amide bonds. The molecule has 4 aromatic carbocycles. The zero-order valence-electron chi connectivity index (χ0n) is 51.1. The van der Waals surface area contributed by atoms with Crippen LogP contribution in [0.5, 0.6) is 11.8 Å². The molecule has 5 atom stereocenters. The molecular formula is C64H81ClFN9O11S. The van der Waals surface area contributed by atoms with Crippen molar-refractivity contribution in [1.29, 1.82) is 0 Å². The summed E-state index contributed by atoms with van der Waals surface area (Å²) >= 11 is 8.54. The highest BCUT2D eigenvalue weighted by molar-refractivity contribution is 7.13. The minimum Gasteiger partial charge on any atom is -0.508 e. The number of nitrogens with zero attached hydrogens (tertiary/aromatic N) is 7. The van der Waals surface area contributed by atoms with Gasteiger partial charge in [0.05, 0.1) is 65.8 Å². The summed E-state index contributed by atoms with van der Waals surface area (Å²) in [5, 5.41) is 29.2. The number of aromatic hydroxyl groups is 1. The maximum absolute atomic E-state index is 17.2. The van der Waals surface area contributed by atoms with E-state index in [4.69, 9.17) is 40.3 Å². The minimum absolute atomic E-state index is 0.00674. The molecule has 9 rings (SSSR count). The Hall–Kier alpha value is -6.79. The summed E-state index contributed by atoms with van der Waals surface area (Å²) in [5.41, 5.74) is 3.81. The van der Waals surface area contributed by atoms with Crippen molar-refractivity contribution in [2.75, 3.05) is 90.3 Å². The monoisotopic (exact) mass is 1240 g/mol. The molecule has 0 radical (unpaired) electrons. The third kappa shape index (κ3) is 16.3. The van der Waals surface area contributed by atoms with Crippen LogP contribution in [0.25, 0.3) is 43.2 Å². The van der Waals surface area contributed by atoms with Crippen molar-refractivity contribution in [2.45, 2.75) is 124 Å². The SMILES string of the molecule is Cc1ncsc1-c1ccc(C(C)NC(=O)[C@@H]2C[C@@H](O)CN2C(=O)C(NC(=O)COCCOCCOC2CCN(CC(C)Oc3nc(N4CCN(C(=O)OC(C)(C)C)CC4)c4cc(Cl)c(-c5cc(O)cc6ccccc56)c(F)c4n3)CC2)C(C)(C)C)cc1. The number of benzene rings is 4. The van der Waals surface area contributed by atoms with Crippen molar-refractivity contribution in [3.63, 3.8) is 0 Å². The number of carbonyl (C=O) groups excluding carboxylic acids is 4. The fraction of sp³-hybridized carbons (Fsp3) is 0.516. The fourth-order valence-corrected chi connectivity index (χ4v) is 12.5. The van der Waals surface area contributed by atoms with Gasteiger partial charge < -0.3 is 59.2 Å². The van der Waals surface area contributed by atoms with Gasteiger partial charge in [0.15, 0.2) is 5.82 Å². The summed E-state index contributed by atoms with van der Waals surface area (Å²) in [7, 11) is 0. The van der Waals surface area contributed by atoms with E-state index in [-0.39, 0.29) is 78.7 Å². The Labute approximate surface area is 516 Å². The van der Waals surface area contributed by atoms with Crippen LogP contribution in [0.2, 0.25) is 5.02 Å². The highest BCUT2D eigenvalue weighted by Crippen LogP contribution is 2.43. The van der Waals surface area contributed by atoms with Gasteiger partial charge in [-0.15, -0.1) is 11.3 Å². The number of aliphatic hydroxyl groups excluding tert-OH is 1. The molecule has 0 bridgehead atoms. The molecule has 0 aliphatic carbocycles. The molecule has 2 aromatic heterocycles. The molecule has 468 valence electrons. The molecule has 87 heavy (non-hydrogen) atoms. The van der Waals surface area contributed by atoms with Gasteiger partial charge in [-0.2, -0.15) is 9.97 Å². The molecule has 3 saturated heterocycles. The first-order valence-corrected chi connectivity index (χ1v) is 31.1. The number of β-amino-alcohol motifs (C(OH)–C–C–N with tert-alkyl or cyclic N) is 1. The van der Waals surface area contributed by atoms with Gasteiger partial charge in [0.2, 0.25) is 17.7 Å². The smallest absolute Gasteiger partial charge is 0.410 e. The Morgan fingerprint density at radius 3 is 2.25 bits per heavy atom. The van der Waals surface area contributed by atoms with Crippen molar-refractivity contribution in [1.82, 2.24) is 40.3 Å². The van der Waals surface area contributed by atoms with Crippen LogP contribution in [0.15, 0.2) is 72.2 Å². The van der Waals surface area contributed by atoms with Gasteiger partial charge in [-0.25, -0.2) is 14.2 Å². The number of nitrogens with one attached hydrogen (secondary N) is 2. The van der Waals surface area contributed by atoms with Gasteiger partial charge in [0.1, 0.15) is 47.5 Å². The maximum atomic E-state index is 17.2. The van der Waals surface area contributed by atoms with Crippen molar-refractivity contribution in [2.24, 2.45) is 5.41 Å². The van der Waals surface area contributed by atoms with E-state index in [2.05, 4.69) is 25.5 Å². The number of carbonyl (C=O) groups is 4. The number of piperidine rings is 1. The van der Waals surface area contributed by atoms with E-state index in [1.54, 1.807) is 28.4 Å². The highest BCUT2D eigenvalue weighted by atomic mass is 35.5. The summed E-state index contributed by atoms with van der Waals surface area (Å²) in [6.45, 7) is 20.9. The van der Waals surface area contributed by atoms with Gasteiger partial charge in [-0.05, 0) is 105 Å². The molecule has 23 heteroatoms. The van der Waals surface area contributed by atoms with Gasteiger partial charge in [0.25, 0.3) is 0 Å². The number of anilines is 1. The number of rotatable bonds is 21. The first-order valence-electron chi connectivity index (χ1n) is 29.8. The average Bonchev–Trinajstić information content (AvgIpc) is 2.46. The summed E-state index contributed by atoms with van der Waals surface area (Å²) in [6, 6.07) is 17.7. The minimum atomic E-state index is -0.998. The van der Waals surface area contributed by atoms with E-state index in [9.17, 15) is 29.4 Å². The summed E-state index contributed by atoms with van der Waals surface area (Å²) < 4.78 is 46.9. The molecule has 3 unspecified atom stereocenters. The van der Waals surface area contributed by atoms with Gasteiger partial charge in [0, 0.05) is 69.7 Å². The second-order valence-corrected chi connectivity index (χ2v) is 26.1. The van der Waals surface area contributed by atoms with E-state index >= 15 is 4.39 Å². The molecule has 4 N–H and O–H groups in total. The number of phenols is 1. The number of piperazine rings is 1. The summed E-state index contributed by atoms with van der Waals surface area (Å²) in [5.74, 6) is -1.65. The van der Waals surface area contributed by atoms with Crippen LogP contribution >= 0.6 is 22.9 Å². The lowest BCUT2D eigenvalue weighted by Crippen LogP contribution is -2.58. The Kier molecular flexibility index (Phi) is 20.9. The lowest BCUT2D eigenvalue weighted by atomic mass is 9.85. The first-order chi connectivity index (χ1) is 41.4. The summed E-state index contributed by atoms with van der Waals surface area (Å²) in [4.78, 5) is 76.3. The number of hydrogen-bond acceptors (Lipinski definition) is 17. The van der Waals surface area contributed by atoms with Crippen LogP contribution < -0.4 is 20.3 Å². The Balaban J connectivity index is 0.715. The number of thiazole rings is 1. The molecule has 5 heterocycles. The molecule has 3 aliphatic heterocycles. The predicted molar refractivity (Wildman–Crippen MR) is 333 cm³/mol. The van der Waals surface area contributed by atoms with E-state index in [0.717, 1.165) is 47.6 Å². The average molecular weight is 1240 g/mol. The van der Waals surface area contributed by atoms with Crippen molar-refractivity contribution >= 4 is 74.2 Å². The summed E-state index contributed by atoms with van der Waals surface area (Å²) in [6.07, 6.45) is -0.0508. The molecule has 0 spiro atoms. The third-order valence-electron chi connectivity index (χ3n) is 15.8. The quantitative estimate of drug-likeness (QED) is 0.0492. The van der Waals surface area contributed by atoms with Crippen molar-refractivity contribution < 1.29 is 57.5 Å². The van der Waals surface area contributed by atoms with Crippen LogP contribution in [-0.4, -0.2) is 185 Å². The van der Waals surface area contributed by atoms with Crippen molar-refractivity contribution in [3.05, 3.63) is 94.3 Å². The maximum Gasteiger partial charge on any atom is 0.410 e. The Morgan fingerprint density at radius 1 is 0.862 bits per heavy atom. The van der Waals surface area contributed by atoms with E-state index < -0.39 is 59.0 Å². The zero-order chi connectivity index (χ0) is 62.3. The molecular weight excluding hydrogens is 1160 g/mol. The van der Waals surface area contributed by atoms with E-state index in [0.29, 0.717) is 73.5 Å². The molecule has 3 aliphatic rings. The van der Waals surface area contributed by atoms with Crippen LogP contribution in [-0.2, 0) is 33.3 Å². The Morgan fingerprint density at radius 2 is 1.56 bits per heavy atom. The van der Waals surface area contributed by atoms with Crippen LogP contribution in [0.4, 0.5) is 15.0 Å². The molecule has 6 aromatic rings. The lowest BCUT2D eigenvalue weighted by molar-refractivity contribution is -0.144. The number of likely N-dealkylation sites (tertiary alicyclic amines) is 2. The number of aliphatic hydroxyl groups is 1. The first kappa shape index (κ1) is 64.7. The standard InChI is InChI=1S/C64H81ClFN9O11S/c1-38(85-61-70-55-49(58(71-61)73-22-24-74(25-23-73)62(81)86-64(7,8)9)33-50(65)53(54(55)66)48-31-44(76)30-43-12-10-11-13-47(43)48)34-72-20-18-46(19-21-72)84-29-28-82-26-27-83-36-52(78)69-57(63(4,5)6)60(80)75-35-45(77)32-51(75)59(79)68-39(2)41-14-16-42(17-15-41)56-40(3)67-37-87-56/h10-17,30-31,33,37-39,45-46,51,57,76-77H,18-29,32,34-36H2,1-9H3,(H,68,79)(H,69,78)/t38?,39?,45-,51+,57?/m1/s1. The number of hydrogen-bond donors (Lipinski definition) is 4. The lowest BCUT2D eigenvalue weighted by Gasteiger charge is -2.36. The van der Waals surface area contributed by atoms with Gasteiger partial charge in [-0.3, -0.25) is 19.3 Å². The Bertz CT molecular complexity index is 3400. The number of ether oxygens (including phenoxy) is 5. The largest absolute Gasteiger partial charge is 0.508 e. The topological polar surface area (TPSA) is 231 Å². The normalized spacial score (nSPS) is 18.2. The molecule has 3 fully saturated rings. The van der Waals surface area contributed by atoms with E-state index in [1.165, 1.54) is 11.0 Å². The van der Waals surface area contributed by atoms with Crippen LogP contribution in [0.1, 0.15) is 92.0 Å². The van der Waals surface area contributed by atoms with Gasteiger partial charge >= 0.3 is 12.1 Å². The predicted octanol–water partition coefficient (Wildman–Crippen LogP) is 9.09. The van der Waals surface area contributed by atoms with Crippen LogP contribution in [0.3, 0.4) is 0 Å². The fourth-order valence-electron chi connectivity index (χ4n) is 11.3. The third-order valence-corrected chi connectivity index (χ3v) is 17.1. The second kappa shape index (κ2) is 28.1. The van der Waals surface area contributed by atoms with Crippen LogP contribution in [0, 0.1) is 18.2 Å². The number of halogens is 2. The highest BCUT2D eigenvalue weighted by Gasteiger charge is 2.45. The number of fused-ring (bicyclic) bond motifs is 2.